The van der Waals surface area contributed by atoms with Crippen molar-refractivity contribution < 1.29 is 73.1 Å². The Hall–Kier alpha value is -4.97. The molecule has 0 bridgehead atoms. The SMILES string of the molecule is N[C@@H]1[C@@H](O)[C@@H](CO)O[C@H](O[C@H]2[C@H](O)[C@@H](O[C@@H]3O[C@H](CNC(=O)OCc4ccccc4)[C@H](O)C[C@H]3NC(=O)OCc3ccccc3)[C@H](NC(=O)OCc3ccccc3)C[C@@H]2N)[C@@H]1O. The van der Waals surface area contributed by atoms with E-state index < -0.39 is 110 Å². The summed E-state index contributed by atoms with van der Waals surface area (Å²) < 4.78 is 40.5. The molecule has 14 atom stereocenters. The summed E-state index contributed by atoms with van der Waals surface area (Å²) in [6.07, 6.45) is -17.3. The predicted octanol–water partition coefficient (Wildman–Crippen LogP) is -0.393. The summed E-state index contributed by atoms with van der Waals surface area (Å²) in [4.78, 5) is 39.1. The molecule has 6 rings (SSSR count). The van der Waals surface area contributed by atoms with Crippen molar-refractivity contribution in [3.8, 4) is 0 Å². The fourth-order valence-corrected chi connectivity index (χ4v) is 7.38. The standard InChI is InChI=1S/C42H55N5O15/c43-26-16-27(46-41(54)57-21-24-12-6-2-7-13-24)37(35(52)36(26)61-39-34(51)32(44)33(50)31(19-48)60-39)62-38-28(47-42(55)58-22-25-14-8-3-9-15-25)17-29(49)30(59-38)18-45-40(53)56-20-23-10-4-1-5-11-23/h1-15,26-39,48-52H,16-22,43-44H2,(H,45,53)(H,46,54)(H,47,55)/t26-,27+,28+,29+,30+,31+,32+,33-,34+,35-,36+,37-,38-,39+/m0/s1. The third-order valence-corrected chi connectivity index (χ3v) is 10.8. The minimum absolute atomic E-state index is 0.0210. The van der Waals surface area contributed by atoms with Gasteiger partial charge in [0.05, 0.1) is 30.8 Å². The van der Waals surface area contributed by atoms with Crippen LogP contribution in [0.3, 0.4) is 0 Å². The van der Waals surface area contributed by atoms with Crippen LogP contribution in [-0.4, -0.2) is 143 Å². The van der Waals surface area contributed by atoms with Gasteiger partial charge in [-0.2, -0.15) is 0 Å². The van der Waals surface area contributed by atoms with Crippen LogP contribution in [0, 0.1) is 0 Å². The molecule has 3 aliphatic rings. The third kappa shape index (κ3) is 12.6. The highest BCUT2D eigenvalue weighted by Gasteiger charge is 2.52. The lowest BCUT2D eigenvalue weighted by atomic mass is 9.83. The van der Waals surface area contributed by atoms with Gasteiger partial charge in [-0.25, -0.2) is 14.4 Å². The van der Waals surface area contributed by atoms with Crippen LogP contribution >= 0.6 is 0 Å². The lowest BCUT2D eigenvalue weighted by Gasteiger charge is -2.48. The van der Waals surface area contributed by atoms with Crippen molar-refractivity contribution in [1.82, 2.24) is 16.0 Å². The number of benzene rings is 3. The molecule has 1 saturated carbocycles. The van der Waals surface area contributed by atoms with Crippen molar-refractivity contribution in [3.63, 3.8) is 0 Å². The third-order valence-electron chi connectivity index (χ3n) is 10.8. The molecule has 2 saturated heterocycles. The summed E-state index contributed by atoms with van der Waals surface area (Å²) in [5, 5.41) is 62.2. The smallest absolute Gasteiger partial charge is 0.407 e. The maximum absolute atomic E-state index is 13.3. The zero-order valence-corrected chi connectivity index (χ0v) is 33.7. The minimum atomic E-state index is -1.74. The first-order valence-corrected chi connectivity index (χ1v) is 20.2. The largest absolute Gasteiger partial charge is 0.445 e. The van der Waals surface area contributed by atoms with Gasteiger partial charge >= 0.3 is 18.3 Å². The fraction of sp³-hybridized carbons (Fsp3) is 0.500. The molecule has 3 aromatic carbocycles. The predicted molar refractivity (Wildman–Crippen MR) is 215 cm³/mol. The van der Waals surface area contributed by atoms with Gasteiger partial charge in [0.2, 0.25) is 0 Å². The number of ether oxygens (including phenoxy) is 7. The van der Waals surface area contributed by atoms with E-state index in [1.54, 1.807) is 72.8 Å². The highest BCUT2D eigenvalue weighted by atomic mass is 16.7. The molecule has 2 heterocycles. The van der Waals surface area contributed by atoms with Crippen LogP contribution in [0.25, 0.3) is 0 Å². The van der Waals surface area contributed by atoms with Gasteiger partial charge in [-0.15, -0.1) is 0 Å². The van der Waals surface area contributed by atoms with Crippen molar-refractivity contribution in [1.29, 1.82) is 0 Å². The van der Waals surface area contributed by atoms with Gasteiger partial charge in [-0.05, 0) is 23.1 Å². The van der Waals surface area contributed by atoms with E-state index in [4.69, 9.17) is 44.6 Å². The number of alkyl carbamates (subject to hydrolysis) is 3. The van der Waals surface area contributed by atoms with E-state index >= 15 is 0 Å². The molecular formula is C42H55N5O15. The van der Waals surface area contributed by atoms with Crippen molar-refractivity contribution >= 4 is 18.3 Å². The highest BCUT2D eigenvalue weighted by molar-refractivity contribution is 5.68. The molecule has 3 fully saturated rings. The number of rotatable bonds is 15. The summed E-state index contributed by atoms with van der Waals surface area (Å²) in [5.74, 6) is 0. The maximum Gasteiger partial charge on any atom is 0.407 e. The van der Waals surface area contributed by atoms with Gasteiger partial charge in [0.15, 0.2) is 12.6 Å². The van der Waals surface area contributed by atoms with Crippen LogP contribution in [0.15, 0.2) is 91.0 Å². The van der Waals surface area contributed by atoms with Crippen LogP contribution in [0.2, 0.25) is 0 Å². The van der Waals surface area contributed by atoms with Crippen molar-refractivity contribution in [2.45, 2.75) is 118 Å². The van der Waals surface area contributed by atoms with E-state index in [9.17, 15) is 39.9 Å². The van der Waals surface area contributed by atoms with Crippen LogP contribution < -0.4 is 27.4 Å². The molecule has 20 heteroatoms. The molecular weight excluding hydrogens is 814 g/mol. The molecule has 1 aliphatic carbocycles. The summed E-state index contributed by atoms with van der Waals surface area (Å²) in [6, 6.07) is 22.1. The van der Waals surface area contributed by atoms with E-state index in [0.717, 1.165) is 5.56 Å². The molecule has 0 aromatic heterocycles. The number of amides is 3. The number of aliphatic hydroxyl groups excluding tert-OH is 5. The van der Waals surface area contributed by atoms with Crippen LogP contribution in [0.5, 0.6) is 0 Å². The summed E-state index contributed by atoms with van der Waals surface area (Å²) in [5.41, 5.74) is 14.7. The maximum atomic E-state index is 13.3. The van der Waals surface area contributed by atoms with Gasteiger partial charge in [0, 0.05) is 19.0 Å². The van der Waals surface area contributed by atoms with Gasteiger partial charge in [0.25, 0.3) is 0 Å². The second kappa shape index (κ2) is 22.4. The first kappa shape index (κ1) is 46.5. The Balaban J connectivity index is 1.21. The van der Waals surface area contributed by atoms with E-state index in [-0.39, 0.29) is 39.2 Å². The van der Waals surface area contributed by atoms with E-state index in [2.05, 4.69) is 16.0 Å². The highest BCUT2D eigenvalue weighted by Crippen LogP contribution is 2.32. The number of hydrogen-bond donors (Lipinski definition) is 10. The molecule has 0 radical (unpaired) electrons. The number of nitrogens with two attached hydrogens (primary N) is 2. The molecule has 3 amide bonds. The number of aliphatic hydroxyl groups is 5. The lowest BCUT2D eigenvalue weighted by molar-refractivity contribution is -0.316. The van der Waals surface area contributed by atoms with Crippen molar-refractivity contribution in [2.75, 3.05) is 13.2 Å². The van der Waals surface area contributed by atoms with Crippen molar-refractivity contribution in [2.24, 2.45) is 11.5 Å². The van der Waals surface area contributed by atoms with Gasteiger partial charge in [-0.3, -0.25) is 0 Å². The second-order valence-corrected chi connectivity index (χ2v) is 15.3. The van der Waals surface area contributed by atoms with Crippen LogP contribution in [0.1, 0.15) is 29.5 Å². The molecule has 20 nitrogen and oxygen atoms in total. The quantitative estimate of drug-likeness (QED) is 0.0870. The monoisotopic (exact) mass is 869 g/mol. The Morgan fingerprint density at radius 2 is 1.08 bits per heavy atom. The number of nitrogens with one attached hydrogen (secondary N) is 3. The number of hydrogen-bond acceptors (Lipinski definition) is 17. The minimum Gasteiger partial charge on any atom is -0.445 e. The number of carbonyl (C=O) groups is 3. The van der Waals surface area contributed by atoms with Gasteiger partial charge in [0.1, 0.15) is 62.5 Å². The van der Waals surface area contributed by atoms with Crippen LogP contribution in [0.4, 0.5) is 14.4 Å². The van der Waals surface area contributed by atoms with Crippen LogP contribution in [-0.2, 0) is 53.0 Å². The van der Waals surface area contributed by atoms with Crippen molar-refractivity contribution in [3.05, 3.63) is 108 Å². The molecule has 0 unspecified atom stereocenters. The Kier molecular flexibility index (Phi) is 16.8. The Morgan fingerprint density at radius 1 is 0.597 bits per heavy atom. The van der Waals surface area contributed by atoms with Gasteiger partial charge in [-0.1, -0.05) is 91.0 Å². The zero-order chi connectivity index (χ0) is 44.2. The number of carbonyl (C=O) groups excluding carboxylic acids is 3. The normalized spacial score (nSPS) is 32.2. The Labute approximate surface area is 357 Å². The van der Waals surface area contributed by atoms with E-state index in [0.29, 0.717) is 11.1 Å². The fourth-order valence-electron chi connectivity index (χ4n) is 7.38. The average molecular weight is 870 g/mol. The van der Waals surface area contributed by atoms with E-state index in [1.807, 2.05) is 18.2 Å². The second-order valence-electron chi connectivity index (χ2n) is 15.3. The zero-order valence-electron chi connectivity index (χ0n) is 33.7. The first-order chi connectivity index (χ1) is 29.9. The summed E-state index contributed by atoms with van der Waals surface area (Å²) >= 11 is 0. The topological polar surface area (TPSA) is 305 Å². The lowest BCUT2D eigenvalue weighted by Crippen LogP contribution is -2.69. The average Bonchev–Trinajstić information content (AvgIpc) is 3.28. The molecule has 3 aromatic rings. The van der Waals surface area contributed by atoms with Gasteiger partial charge < -0.3 is 86.1 Å². The molecule has 62 heavy (non-hydrogen) atoms. The van der Waals surface area contributed by atoms with E-state index in [1.165, 1.54) is 0 Å². The molecule has 0 spiro atoms. The first-order valence-electron chi connectivity index (χ1n) is 20.2. The Morgan fingerprint density at radius 3 is 1.61 bits per heavy atom. The molecule has 338 valence electrons. The summed E-state index contributed by atoms with van der Waals surface area (Å²) in [7, 11) is 0. The molecule has 2 aliphatic heterocycles. The molecule has 12 N–H and O–H groups in total. The summed E-state index contributed by atoms with van der Waals surface area (Å²) in [6.45, 7) is -1.14. The Bertz CT molecular complexity index is 1850.